The van der Waals surface area contributed by atoms with Crippen LogP contribution in [0.25, 0.3) is 0 Å². The van der Waals surface area contributed by atoms with Crippen molar-refractivity contribution in [2.75, 3.05) is 6.61 Å². The second-order valence-electron chi connectivity index (χ2n) is 3.74. The molecule has 1 aromatic heterocycles. The summed E-state index contributed by atoms with van der Waals surface area (Å²) in [4.78, 5) is 12.5. The molecule has 1 atom stereocenters. The highest BCUT2D eigenvalue weighted by Gasteiger charge is 2.18. The van der Waals surface area contributed by atoms with Gasteiger partial charge in [0.2, 0.25) is 0 Å². The number of aliphatic hydroxyl groups is 1. The van der Waals surface area contributed by atoms with Gasteiger partial charge in [0, 0.05) is 4.47 Å². The summed E-state index contributed by atoms with van der Waals surface area (Å²) in [5, 5.41) is 11.9. The minimum Gasteiger partial charge on any atom is -0.394 e. The van der Waals surface area contributed by atoms with Crippen LogP contribution in [0.2, 0.25) is 0 Å². The number of halogens is 2. The van der Waals surface area contributed by atoms with Gasteiger partial charge in [-0.2, -0.15) is 0 Å². The lowest BCUT2D eigenvalue weighted by Gasteiger charge is -2.19. The van der Waals surface area contributed by atoms with Crippen molar-refractivity contribution in [2.24, 2.45) is 5.92 Å². The maximum atomic E-state index is 11.8. The molecule has 1 amide bonds. The summed E-state index contributed by atoms with van der Waals surface area (Å²) in [6.45, 7) is 3.87. The molecule has 0 bridgehead atoms. The summed E-state index contributed by atoms with van der Waals surface area (Å²) >= 11 is 8.03. The number of amides is 1. The van der Waals surface area contributed by atoms with Crippen LogP contribution < -0.4 is 5.32 Å². The van der Waals surface area contributed by atoms with E-state index in [2.05, 4.69) is 37.2 Å². The zero-order valence-electron chi connectivity index (χ0n) is 8.96. The van der Waals surface area contributed by atoms with Gasteiger partial charge in [0.15, 0.2) is 0 Å². The van der Waals surface area contributed by atoms with E-state index in [1.54, 1.807) is 6.07 Å². The first kappa shape index (κ1) is 14.2. The first-order valence-corrected chi connectivity index (χ1v) is 7.22. The highest BCUT2D eigenvalue weighted by atomic mass is 79.9. The molecule has 0 spiro atoms. The fourth-order valence-electron chi connectivity index (χ4n) is 1.12. The summed E-state index contributed by atoms with van der Waals surface area (Å²) in [5.74, 6) is 0.0601. The van der Waals surface area contributed by atoms with Crippen LogP contribution >= 0.6 is 43.2 Å². The van der Waals surface area contributed by atoms with E-state index in [4.69, 9.17) is 5.11 Å². The lowest BCUT2D eigenvalue weighted by atomic mass is 10.1. The summed E-state index contributed by atoms with van der Waals surface area (Å²) in [6, 6.07) is 1.56. The predicted molar refractivity (Wildman–Crippen MR) is 72.9 cm³/mol. The van der Waals surface area contributed by atoms with E-state index in [1.165, 1.54) is 11.3 Å². The molecule has 0 fully saturated rings. The maximum Gasteiger partial charge on any atom is 0.261 e. The van der Waals surface area contributed by atoms with Crippen molar-refractivity contribution in [1.29, 1.82) is 0 Å². The quantitative estimate of drug-likeness (QED) is 0.855. The van der Waals surface area contributed by atoms with Crippen molar-refractivity contribution >= 4 is 49.1 Å². The molecule has 16 heavy (non-hydrogen) atoms. The molecule has 1 rings (SSSR count). The third-order valence-corrected chi connectivity index (χ3v) is 5.44. The molecular weight excluding hydrogens is 358 g/mol. The van der Waals surface area contributed by atoms with Crippen molar-refractivity contribution < 1.29 is 9.90 Å². The van der Waals surface area contributed by atoms with Crippen LogP contribution in [0.1, 0.15) is 23.5 Å². The Morgan fingerprint density at radius 1 is 1.56 bits per heavy atom. The van der Waals surface area contributed by atoms with Gasteiger partial charge in [-0.05, 0) is 43.8 Å². The number of hydrogen-bond donors (Lipinski definition) is 2. The Balaban J connectivity index is 2.71. The van der Waals surface area contributed by atoms with E-state index >= 15 is 0 Å². The van der Waals surface area contributed by atoms with Gasteiger partial charge in [-0.25, -0.2) is 0 Å². The van der Waals surface area contributed by atoms with Gasteiger partial charge >= 0.3 is 0 Å². The largest absolute Gasteiger partial charge is 0.394 e. The van der Waals surface area contributed by atoms with Crippen LogP contribution in [-0.4, -0.2) is 23.7 Å². The van der Waals surface area contributed by atoms with Crippen molar-refractivity contribution in [3.63, 3.8) is 0 Å². The predicted octanol–water partition coefficient (Wildman–Crippen LogP) is 3.02. The summed E-state index contributed by atoms with van der Waals surface area (Å²) in [6.07, 6.45) is 0. The Kier molecular flexibility index (Phi) is 5.43. The van der Waals surface area contributed by atoms with Gasteiger partial charge in [-0.15, -0.1) is 11.3 Å². The number of aliphatic hydroxyl groups excluding tert-OH is 1. The number of carbonyl (C=O) groups is 1. The first-order valence-electron chi connectivity index (χ1n) is 4.82. The van der Waals surface area contributed by atoms with Gasteiger partial charge in [-0.1, -0.05) is 13.8 Å². The Morgan fingerprint density at radius 3 is 2.56 bits per heavy atom. The lowest BCUT2D eigenvalue weighted by molar-refractivity contribution is 0.0901. The molecule has 0 saturated heterocycles. The molecule has 1 heterocycles. The Hall–Kier alpha value is 0.0900. The lowest BCUT2D eigenvalue weighted by Crippen LogP contribution is -2.40. The number of rotatable bonds is 4. The third kappa shape index (κ3) is 3.55. The van der Waals surface area contributed by atoms with E-state index in [-0.39, 0.29) is 24.5 Å². The van der Waals surface area contributed by atoms with E-state index in [0.29, 0.717) is 4.88 Å². The topological polar surface area (TPSA) is 49.3 Å². The zero-order chi connectivity index (χ0) is 12.3. The SMILES string of the molecule is CC(C)C(CO)NC(=O)c1cc(Br)c(Br)s1. The van der Waals surface area contributed by atoms with Gasteiger partial charge in [-0.3, -0.25) is 4.79 Å². The van der Waals surface area contributed by atoms with Crippen LogP contribution in [-0.2, 0) is 0 Å². The first-order chi connectivity index (χ1) is 7.45. The van der Waals surface area contributed by atoms with E-state index in [1.807, 2.05) is 13.8 Å². The highest BCUT2D eigenvalue weighted by Crippen LogP contribution is 2.32. The summed E-state index contributed by atoms with van der Waals surface area (Å²) in [5.41, 5.74) is 0. The van der Waals surface area contributed by atoms with Gasteiger partial charge in [0.1, 0.15) is 0 Å². The minimum absolute atomic E-state index is 0.0445. The summed E-state index contributed by atoms with van der Waals surface area (Å²) in [7, 11) is 0. The Morgan fingerprint density at radius 2 is 2.19 bits per heavy atom. The molecule has 0 saturated carbocycles. The zero-order valence-corrected chi connectivity index (χ0v) is 12.9. The van der Waals surface area contributed by atoms with Crippen LogP contribution in [0.4, 0.5) is 0 Å². The van der Waals surface area contributed by atoms with Crippen LogP contribution in [0.5, 0.6) is 0 Å². The van der Waals surface area contributed by atoms with E-state index < -0.39 is 0 Å². The average Bonchev–Trinajstić information content (AvgIpc) is 2.55. The van der Waals surface area contributed by atoms with Crippen molar-refractivity contribution in [2.45, 2.75) is 19.9 Å². The van der Waals surface area contributed by atoms with Crippen LogP contribution in [0.15, 0.2) is 14.3 Å². The average molecular weight is 371 g/mol. The van der Waals surface area contributed by atoms with Crippen molar-refractivity contribution in [3.8, 4) is 0 Å². The molecule has 1 aromatic rings. The molecule has 3 nitrogen and oxygen atoms in total. The highest BCUT2D eigenvalue weighted by molar-refractivity contribution is 9.13. The van der Waals surface area contributed by atoms with Gasteiger partial charge < -0.3 is 10.4 Å². The van der Waals surface area contributed by atoms with E-state index in [9.17, 15) is 4.79 Å². The van der Waals surface area contributed by atoms with E-state index in [0.717, 1.165) is 8.26 Å². The second kappa shape index (κ2) is 6.14. The molecule has 0 aliphatic heterocycles. The smallest absolute Gasteiger partial charge is 0.261 e. The van der Waals surface area contributed by atoms with Crippen LogP contribution in [0.3, 0.4) is 0 Å². The minimum atomic E-state index is -0.202. The number of carbonyl (C=O) groups excluding carboxylic acids is 1. The Labute approximate surface area is 116 Å². The number of nitrogens with one attached hydrogen (secondary N) is 1. The van der Waals surface area contributed by atoms with Crippen molar-refractivity contribution in [3.05, 3.63) is 19.2 Å². The molecule has 90 valence electrons. The van der Waals surface area contributed by atoms with Gasteiger partial charge in [0.05, 0.1) is 21.3 Å². The monoisotopic (exact) mass is 369 g/mol. The van der Waals surface area contributed by atoms with Gasteiger partial charge in [0.25, 0.3) is 5.91 Å². The Bertz CT molecular complexity index is 359. The molecule has 1 unspecified atom stereocenters. The third-order valence-electron chi connectivity index (χ3n) is 2.19. The standard InChI is InChI=1S/C10H13Br2NO2S/c1-5(2)7(4-14)13-10(15)8-3-6(11)9(12)16-8/h3,5,7,14H,4H2,1-2H3,(H,13,15). The molecule has 0 aliphatic rings. The van der Waals surface area contributed by atoms with Crippen molar-refractivity contribution in [1.82, 2.24) is 5.32 Å². The maximum absolute atomic E-state index is 11.8. The molecule has 0 aromatic carbocycles. The normalized spacial score (nSPS) is 12.9. The fraction of sp³-hybridized carbons (Fsp3) is 0.500. The van der Waals surface area contributed by atoms with Crippen LogP contribution in [0, 0.1) is 5.92 Å². The molecule has 2 N–H and O–H groups in total. The molecule has 0 aliphatic carbocycles. The number of thiophene rings is 1. The molecular formula is C10H13Br2NO2S. The second-order valence-corrected chi connectivity index (χ2v) is 6.96. The molecule has 0 radical (unpaired) electrons. The summed E-state index contributed by atoms with van der Waals surface area (Å²) < 4.78 is 1.76. The number of hydrogen-bond acceptors (Lipinski definition) is 3. The molecule has 6 heteroatoms. The fourth-order valence-corrected chi connectivity index (χ4v) is 3.06.